The maximum atomic E-state index is 13.4. The second kappa shape index (κ2) is 12.1. The SMILES string of the molecule is Cc1cc(C)c(C(=O)NC2CCN(c3ccccc3C#N)CC2)cc1NC1CCN(c2ccccc2C#N)CC1. The van der Waals surface area contributed by atoms with Gasteiger partial charge in [-0.05, 0) is 81.0 Å². The molecule has 0 aliphatic carbocycles. The first kappa shape index (κ1) is 27.1. The van der Waals surface area contributed by atoms with Crippen LogP contribution in [0.1, 0.15) is 58.3 Å². The van der Waals surface area contributed by atoms with Crippen LogP contribution in [0.4, 0.5) is 17.1 Å². The minimum Gasteiger partial charge on any atom is -0.382 e. The van der Waals surface area contributed by atoms with E-state index in [4.69, 9.17) is 0 Å². The average molecular weight is 533 g/mol. The van der Waals surface area contributed by atoms with E-state index in [1.54, 1.807) is 0 Å². The molecule has 2 aliphatic rings. The van der Waals surface area contributed by atoms with E-state index in [1.165, 1.54) is 0 Å². The summed E-state index contributed by atoms with van der Waals surface area (Å²) in [6.45, 7) is 7.46. The van der Waals surface area contributed by atoms with Crippen molar-refractivity contribution < 1.29 is 4.79 Å². The minimum absolute atomic E-state index is 0.0284. The summed E-state index contributed by atoms with van der Waals surface area (Å²) in [4.78, 5) is 17.9. The lowest BCUT2D eigenvalue weighted by Gasteiger charge is -2.35. The summed E-state index contributed by atoms with van der Waals surface area (Å²) in [6, 6.07) is 24.6. The van der Waals surface area contributed by atoms with Gasteiger partial charge in [0.2, 0.25) is 0 Å². The van der Waals surface area contributed by atoms with Crippen molar-refractivity contribution in [1.82, 2.24) is 5.32 Å². The molecule has 5 rings (SSSR count). The van der Waals surface area contributed by atoms with E-state index in [0.717, 1.165) is 85.6 Å². The lowest BCUT2D eigenvalue weighted by atomic mass is 9.98. The topological polar surface area (TPSA) is 95.2 Å². The Morgan fingerprint density at radius 1 is 0.750 bits per heavy atom. The Morgan fingerprint density at radius 2 is 1.25 bits per heavy atom. The van der Waals surface area contributed by atoms with Gasteiger partial charge in [0, 0.05) is 49.5 Å². The van der Waals surface area contributed by atoms with Crippen LogP contribution in [0, 0.1) is 36.5 Å². The van der Waals surface area contributed by atoms with Crippen molar-refractivity contribution in [3.05, 3.63) is 88.5 Å². The number of carbonyl (C=O) groups is 1. The number of hydrogen-bond donors (Lipinski definition) is 2. The monoisotopic (exact) mass is 532 g/mol. The van der Waals surface area contributed by atoms with E-state index in [0.29, 0.717) is 17.2 Å². The summed E-state index contributed by atoms with van der Waals surface area (Å²) in [7, 11) is 0. The van der Waals surface area contributed by atoms with Crippen LogP contribution in [0.3, 0.4) is 0 Å². The third-order valence-corrected chi connectivity index (χ3v) is 8.23. The van der Waals surface area contributed by atoms with Crippen molar-refractivity contribution in [3.63, 3.8) is 0 Å². The van der Waals surface area contributed by atoms with Crippen LogP contribution in [-0.4, -0.2) is 44.2 Å². The van der Waals surface area contributed by atoms with E-state index in [-0.39, 0.29) is 11.9 Å². The van der Waals surface area contributed by atoms with Gasteiger partial charge in [0.25, 0.3) is 5.91 Å². The Balaban J connectivity index is 1.19. The molecule has 7 heteroatoms. The molecule has 2 fully saturated rings. The van der Waals surface area contributed by atoms with Gasteiger partial charge in [0.15, 0.2) is 0 Å². The molecule has 0 spiro atoms. The molecule has 0 atom stereocenters. The van der Waals surface area contributed by atoms with Crippen molar-refractivity contribution in [2.45, 2.75) is 51.6 Å². The number of piperidine rings is 2. The zero-order chi connectivity index (χ0) is 28.1. The van der Waals surface area contributed by atoms with Crippen molar-refractivity contribution in [3.8, 4) is 12.1 Å². The number of amides is 1. The van der Waals surface area contributed by atoms with E-state index < -0.39 is 0 Å². The normalized spacial score (nSPS) is 16.2. The molecular formula is C33H36N6O. The number of nitrogens with zero attached hydrogens (tertiary/aromatic N) is 4. The summed E-state index contributed by atoms with van der Waals surface area (Å²) in [5.74, 6) is -0.0284. The standard InChI is InChI=1S/C33H36N6O/c1-23-19-24(2)30(36-27-11-15-38(16-12-27)31-9-5-3-7-25(31)21-34)20-29(23)33(40)37-28-13-17-39(18-14-28)32-10-6-4-8-26(32)22-35/h3-10,19-20,27-28,36H,11-18H2,1-2H3,(H,37,40). The van der Waals surface area contributed by atoms with Crippen LogP contribution in [0.25, 0.3) is 0 Å². The van der Waals surface area contributed by atoms with Crippen LogP contribution in [0.5, 0.6) is 0 Å². The molecule has 3 aromatic rings. The molecule has 2 saturated heterocycles. The van der Waals surface area contributed by atoms with Crippen molar-refractivity contribution >= 4 is 23.0 Å². The zero-order valence-electron chi connectivity index (χ0n) is 23.3. The number of nitriles is 2. The fourth-order valence-corrected chi connectivity index (χ4v) is 5.95. The van der Waals surface area contributed by atoms with Crippen molar-refractivity contribution in [1.29, 1.82) is 10.5 Å². The van der Waals surface area contributed by atoms with Gasteiger partial charge in [-0.2, -0.15) is 10.5 Å². The van der Waals surface area contributed by atoms with Crippen molar-refractivity contribution in [2.24, 2.45) is 0 Å². The molecule has 40 heavy (non-hydrogen) atoms. The largest absolute Gasteiger partial charge is 0.382 e. The van der Waals surface area contributed by atoms with E-state index in [9.17, 15) is 15.3 Å². The third kappa shape index (κ3) is 5.90. The Labute approximate surface area is 237 Å². The molecule has 0 aromatic heterocycles. The molecule has 2 heterocycles. The highest BCUT2D eigenvalue weighted by Crippen LogP contribution is 2.28. The van der Waals surface area contributed by atoms with Crippen LogP contribution >= 0.6 is 0 Å². The Kier molecular flexibility index (Phi) is 8.22. The Morgan fingerprint density at radius 3 is 1.77 bits per heavy atom. The number of carbonyl (C=O) groups excluding carboxylic acids is 1. The predicted octanol–water partition coefficient (Wildman–Crippen LogP) is 5.53. The van der Waals surface area contributed by atoms with E-state index in [2.05, 4.69) is 45.6 Å². The molecule has 3 aromatic carbocycles. The van der Waals surface area contributed by atoms with Gasteiger partial charge < -0.3 is 20.4 Å². The first-order chi connectivity index (χ1) is 19.5. The Bertz CT molecular complexity index is 1450. The van der Waals surface area contributed by atoms with Gasteiger partial charge in [0.1, 0.15) is 12.1 Å². The summed E-state index contributed by atoms with van der Waals surface area (Å²) >= 11 is 0. The predicted molar refractivity (Wildman–Crippen MR) is 160 cm³/mol. The molecule has 0 radical (unpaired) electrons. The van der Waals surface area contributed by atoms with Crippen LogP contribution in [-0.2, 0) is 0 Å². The van der Waals surface area contributed by atoms with Gasteiger partial charge in [-0.1, -0.05) is 30.3 Å². The molecule has 0 unspecified atom stereocenters. The fourth-order valence-electron chi connectivity index (χ4n) is 5.95. The van der Waals surface area contributed by atoms with Crippen molar-refractivity contribution in [2.75, 3.05) is 41.3 Å². The van der Waals surface area contributed by atoms with Crippen LogP contribution < -0.4 is 20.4 Å². The van der Waals surface area contributed by atoms with Gasteiger partial charge in [0.05, 0.1) is 22.5 Å². The molecule has 204 valence electrons. The lowest BCUT2D eigenvalue weighted by molar-refractivity contribution is 0.0930. The Hall–Kier alpha value is -4.49. The first-order valence-electron chi connectivity index (χ1n) is 14.1. The summed E-state index contributed by atoms with van der Waals surface area (Å²) in [5, 5.41) is 25.9. The van der Waals surface area contributed by atoms with Gasteiger partial charge in [-0.15, -0.1) is 0 Å². The van der Waals surface area contributed by atoms with Gasteiger partial charge >= 0.3 is 0 Å². The maximum absolute atomic E-state index is 13.4. The number of hydrogen-bond acceptors (Lipinski definition) is 6. The summed E-state index contributed by atoms with van der Waals surface area (Å²) < 4.78 is 0. The maximum Gasteiger partial charge on any atom is 0.251 e. The number of benzene rings is 3. The smallest absolute Gasteiger partial charge is 0.251 e. The lowest BCUT2D eigenvalue weighted by Crippen LogP contribution is -2.45. The molecule has 2 N–H and O–H groups in total. The molecule has 7 nitrogen and oxygen atoms in total. The summed E-state index contributed by atoms with van der Waals surface area (Å²) in [5.41, 5.74) is 7.23. The minimum atomic E-state index is -0.0284. The van der Waals surface area contributed by atoms with Gasteiger partial charge in [-0.3, -0.25) is 4.79 Å². The summed E-state index contributed by atoms with van der Waals surface area (Å²) in [6.07, 6.45) is 3.61. The highest BCUT2D eigenvalue weighted by molar-refractivity contribution is 5.97. The zero-order valence-corrected chi connectivity index (χ0v) is 23.3. The second-order valence-electron chi connectivity index (χ2n) is 10.9. The highest BCUT2D eigenvalue weighted by atomic mass is 16.1. The number of aryl methyl sites for hydroxylation is 2. The number of para-hydroxylation sites is 2. The van der Waals surface area contributed by atoms with E-state index in [1.807, 2.05) is 61.5 Å². The van der Waals surface area contributed by atoms with Crippen LogP contribution in [0.2, 0.25) is 0 Å². The fraction of sp³-hybridized carbons (Fsp3) is 0.364. The highest BCUT2D eigenvalue weighted by Gasteiger charge is 2.25. The number of anilines is 3. The van der Waals surface area contributed by atoms with Crippen LogP contribution in [0.15, 0.2) is 60.7 Å². The molecule has 0 saturated carbocycles. The van der Waals surface area contributed by atoms with E-state index >= 15 is 0 Å². The first-order valence-corrected chi connectivity index (χ1v) is 14.1. The third-order valence-electron chi connectivity index (χ3n) is 8.23. The second-order valence-corrected chi connectivity index (χ2v) is 10.9. The molecular weight excluding hydrogens is 496 g/mol. The number of nitrogens with one attached hydrogen (secondary N) is 2. The molecule has 1 amide bonds. The average Bonchev–Trinajstić information content (AvgIpc) is 2.99. The quantitative estimate of drug-likeness (QED) is 0.434. The van der Waals surface area contributed by atoms with Gasteiger partial charge in [-0.25, -0.2) is 0 Å². The molecule has 0 bridgehead atoms. The molecule has 2 aliphatic heterocycles. The number of rotatable bonds is 6.